The molecule has 2 atom stereocenters. The number of carbonyl (C=O) groups excluding carboxylic acids is 1. The molecule has 4 aromatic rings. The SMILES string of the molecule is COc1nc(-c2cccc(-c3cccc(-c4cnc(CNCC5CCC(=O)N5)c(OC)n4)c3Cl)c2Cl)cnc1CNCCN1CCCS1=O. The van der Waals surface area contributed by atoms with Crippen LogP contribution in [0.15, 0.2) is 48.8 Å². The first kappa shape index (κ1) is 35.1. The van der Waals surface area contributed by atoms with Crippen LogP contribution in [0.5, 0.6) is 11.8 Å². The first-order chi connectivity index (χ1) is 23.9. The van der Waals surface area contributed by atoms with E-state index in [4.69, 9.17) is 42.6 Å². The number of amides is 1. The smallest absolute Gasteiger partial charge is 0.237 e. The molecule has 0 spiro atoms. The Balaban J connectivity index is 1.18. The second-order valence-corrected chi connectivity index (χ2v) is 14.0. The van der Waals surface area contributed by atoms with Crippen molar-refractivity contribution in [2.45, 2.75) is 38.4 Å². The van der Waals surface area contributed by atoms with Crippen molar-refractivity contribution in [1.29, 1.82) is 0 Å². The number of carbonyl (C=O) groups is 1. The van der Waals surface area contributed by atoms with Gasteiger partial charge in [-0.15, -0.1) is 0 Å². The van der Waals surface area contributed by atoms with E-state index in [0.29, 0.717) is 94.9 Å². The van der Waals surface area contributed by atoms with E-state index in [1.54, 1.807) is 26.6 Å². The molecule has 6 rings (SSSR count). The van der Waals surface area contributed by atoms with Gasteiger partial charge in [0.2, 0.25) is 17.7 Å². The number of benzene rings is 2. The zero-order valence-electron chi connectivity index (χ0n) is 27.3. The molecule has 49 heavy (non-hydrogen) atoms. The second kappa shape index (κ2) is 16.3. The summed E-state index contributed by atoms with van der Waals surface area (Å²) < 4.78 is 25.1. The maximum Gasteiger partial charge on any atom is 0.237 e. The largest absolute Gasteiger partial charge is 0.480 e. The Kier molecular flexibility index (Phi) is 11.7. The topological polar surface area (TPSA) is 143 Å². The molecule has 2 aliphatic rings. The highest BCUT2D eigenvalue weighted by molar-refractivity contribution is 7.82. The third kappa shape index (κ3) is 8.19. The molecule has 4 heterocycles. The molecular weight excluding hydrogens is 687 g/mol. The van der Waals surface area contributed by atoms with Crippen LogP contribution < -0.4 is 25.4 Å². The number of halogens is 2. The molecule has 3 N–H and O–H groups in total. The Morgan fingerprint density at radius 2 is 1.47 bits per heavy atom. The van der Waals surface area contributed by atoms with Crippen molar-refractivity contribution in [1.82, 2.24) is 40.2 Å². The van der Waals surface area contributed by atoms with Crippen LogP contribution in [-0.2, 0) is 28.9 Å². The van der Waals surface area contributed by atoms with Gasteiger partial charge in [-0.1, -0.05) is 59.6 Å². The number of methoxy groups -OCH3 is 2. The van der Waals surface area contributed by atoms with Gasteiger partial charge in [0.05, 0.1) is 59.0 Å². The van der Waals surface area contributed by atoms with E-state index in [1.807, 2.05) is 40.7 Å². The van der Waals surface area contributed by atoms with Gasteiger partial charge in [0.15, 0.2) is 0 Å². The van der Waals surface area contributed by atoms with Gasteiger partial charge in [0.25, 0.3) is 0 Å². The Labute approximate surface area is 297 Å². The van der Waals surface area contributed by atoms with Crippen LogP contribution in [0, 0.1) is 0 Å². The maximum absolute atomic E-state index is 12.0. The van der Waals surface area contributed by atoms with Crippen LogP contribution in [-0.4, -0.2) is 86.6 Å². The molecule has 2 aromatic carbocycles. The van der Waals surface area contributed by atoms with Gasteiger partial charge >= 0.3 is 0 Å². The van der Waals surface area contributed by atoms with Crippen LogP contribution in [0.1, 0.15) is 30.7 Å². The molecule has 2 saturated heterocycles. The van der Waals surface area contributed by atoms with Gasteiger partial charge in [-0.25, -0.2) is 18.5 Å². The molecule has 2 aromatic heterocycles. The van der Waals surface area contributed by atoms with Crippen molar-refractivity contribution >= 4 is 40.1 Å². The van der Waals surface area contributed by atoms with Crippen LogP contribution in [0.2, 0.25) is 10.0 Å². The normalized spacial score (nSPS) is 17.8. The van der Waals surface area contributed by atoms with Crippen LogP contribution in [0.4, 0.5) is 0 Å². The Hall–Kier alpha value is -3.72. The van der Waals surface area contributed by atoms with Gasteiger partial charge in [0.1, 0.15) is 11.4 Å². The lowest BCUT2D eigenvalue weighted by Gasteiger charge is -2.16. The van der Waals surface area contributed by atoms with Crippen molar-refractivity contribution in [2.75, 3.05) is 46.2 Å². The molecule has 1 amide bonds. The van der Waals surface area contributed by atoms with E-state index >= 15 is 0 Å². The van der Waals surface area contributed by atoms with E-state index in [1.165, 1.54) is 0 Å². The number of hydrogen-bond donors (Lipinski definition) is 3. The predicted octanol–water partition coefficient (Wildman–Crippen LogP) is 4.42. The summed E-state index contributed by atoms with van der Waals surface area (Å²) in [6, 6.07) is 11.5. The van der Waals surface area contributed by atoms with Crippen molar-refractivity contribution in [3.8, 4) is 45.4 Å². The van der Waals surface area contributed by atoms with Crippen molar-refractivity contribution < 1.29 is 18.5 Å². The van der Waals surface area contributed by atoms with Gasteiger partial charge in [-0.05, 0) is 12.8 Å². The molecule has 15 heteroatoms. The summed E-state index contributed by atoms with van der Waals surface area (Å²) in [5, 5.41) is 10.6. The molecule has 2 fully saturated rings. The highest BCUT2D eigenvalue weighted by Crippen LogP contribution is 2.42. The first-order valence-corrected chi connectivity index (χ1v) is 18.1. The average molecular weight is 726 g/mol. The third-order valence-electron chi connectivity index (χ3n) is 8.46. The van der Waals surface area contributed by atoms with Crippen molar-refractivity contribution in [3.05, 3.63) is 70.2 Å². The van der Waals surface area contributed by atoms with Crippen LogP contribution in [0.3, 0.4) is 0 Å². The number of rotatable bonds is 14. The molecular formula is C34H38Cl2N8O4S. The molecule has 2 aliphatic heterocycles. The molecule has 0 radical (unpaired) electrons. The number of nitrogens with zero attached hydrogens (tertiary/aromatic N) is 5. The lowest BCUT2D eigenvalue weighted by atomic mass is 9.98. The maximum atomic E-state index is 12.0. The van der Waals surface area contributed by atoms with Gasteiger partial charge in [0, 0.05) is 79.7 Å². The molecule has 0 bridgehead atoms. The fraction of sp³-hybridized carbons (Fsp3) is 0.382. The minimum absolute atomic E-state index is 0.0812. The lowest BCUT2D eigenvalue weighted by molar-refractivity contribution is -0.119. The summed E-state index contributed by atoms with van der Waals surface area (Å²) >= 11 is 14.1. The number of ether oxygens (including phenoxy) is 2. The number of aromatic nitrogens is 4. The van der Waals surface area contributed by atoms with Gasteiger partial charge in [-0.3, -0.25) is 14.8 Å². The fourth-order valence-corrected chi connectivity index (χ4v) is 7.82. The predicted molar refractivity (Wildman–Crippen MR) is 191 cm³/mol. The highest BCUT2D eigenvalue weighted by Gasteiger charge is 2.22. The zero-order valence-corrected chi connectivity index (χ0v) is 29.6. The summed E-state index contributed by atoms with van der Waals surface area (Å²) in [5.41, 5.74) is 5.21. The van der Waals surface area contributed by atoms with Crippen LogP contribution >= 0.6 is 23.2 Å². The summed E-state index contributed by atoms with van der Waals surface area (Å²) in [5.74, 6) is 1.60. The van der Waals surface area contributed by atoms with Crippen LogP contribution in [0.25, 0.3) is 33.6 Å². The standard InChI is InChI=1S/C34H38Cl2N8O4S/c1-47-33-28(17-37-12-14-44-13-5-15-49(44)46)39-19-26(42-33)24-8-3-6-22(31(24)35)23-7-4-9-25(32(23)36)27-20-40-29(34(43-27)48-2)18-38-16-21-10-11-30(45)41-21/h3-4,6-9,19-21,37-38H,5,10-18H2,1-2H3,(H,41,45). The van der Waals surface area contributed by atoms with E-state index < -0.39 is 11.0 Å². The van der Waals surface area contributed by atoms with E-state index in [2.05, 4.69) is 25.9 Å². The van der Waals surface area contributed by atoms with Crippen molar-refractivity contribution in [3.63, 3.8) is 0 Å². The molecule has 258 valence electrons. The van der Waals surface area contributed by atoms with E-state index in [9.17, 15) is 9.00 Å². The van der Waals surface area contributed by atoms with E-state index in [0.717, 1.165) is 36.3 Å². The molecule has 0 saturated carbocycles. The number of hydrogen-bond acceptors (Lipinski definition) is 10. The summed E-state index contributed by atoms with van der Waals surface area (Å²) in [6.07, 6.45) is 5.69. The quantitative estimate of drug-likeness (QED) is 0.160. The Bertz CT molecular complexity index is 1850. The zero-order chi connectivity index (χ0) is 34.3. The summed E-state index contributed by atoms with van der Waals surface area (Å²) in [7, 11) is 2.24. The first-order valence-electron chi connectivity index (χ1n) is 16.1. The molecule has 12 nitrogen and oxygen atoms in total. The molecule has 2 unspecified atom stereocenters. The lowest BCUT2D eigenvalue weighted by Crippen LogP contribution is -2.35. The minimum atomic E-state index is -0.877. The summed E-state index contributed by atoms with van der Waals surface area (Å²) in [4.78, 5) is 30.2. The number of nitrogens with one attached hydrogen (secondary N) is 3. The molecule has 0 aliphatic carbocycles. The van der Waals surface area contributed by atoms with Gasteiger partial charge < -0.3 is 25.4 Å². The fourth-order valence-electron chi connectivity index (χ4n) is 5.91. The summed E-state index contributed by atoms with van der Waals surface area (Å²) in [6.45, 7) is 3.77. The Morgan fingerprint density at radius 3 is 1.98 bits per heavy atom. The minimum Gasteiger partial charge on any atom is -0.480 e. The third-order valence-corrected chi connectivity index (χ3v) is 10.9. The highest BCUT2D eigenvalue weighted by atomic mass is 35.5. The van der Waals surface area contributed by atoms with E-state index in [-0.39, 0.29) is 11.9 Å². The second-order valence-electron chi connectivity index (χ2n) is 11.7. The monoisotopic (exact) mass is 724 g/mol. The van der Waals surface area contributed by atoms with Crippen molar-refractivity contribution in [2.24, 2.45) is 0 Å². The Morgan fingerprint density at radius 1 is 0.898 bits per heavy atom. The average Bonchev–Trinajstić information content (AvgIpc) is 3.73. The van der Waals surface area contributed by atoms with Gasteiger partial charge in [-0.2, -0.15) is 0 Å².